The maximum atomic E-state index is 12.4. The zero-order valence-corrected chi connectivity index (χ0v) is 7.71. The Morgan fingerprint density at radius 2 is 2.07 bits per heavy atom. The Hall–Kier alpha value is -1.46. The number of pyridine rings is 1. The van der Waals surface area contributed by atoms with Crippen LogP contribution in [0.3, 0.4) is 0 Å². The summed E-state index contributed by atoms with van der Waals surface area (Å²) in [6, 6.07) is 0.890. The summed E-state index contributed by atoms with van der Waals surface area (Å²) in [4.78, 5) is 3.46. The molecule has 0 bridgehead atoms. The maximum absolute atomic E-state index is 12.4. The fraction of sp³-hybridized carbons (Fsp3) is 0.444. The SMILES string of the molecule is Nc1ncc(OC2CC2)cc1C(F)(F)F. The molecule has 1 saturated carbocycles. The van der Waals surface area contributed by atoms with Crippen molar-refractivity contribution in [3.63, 3.8) is 0 Å². The van der Waals surface area contributed by atoms with E-state index in [1.165, 1.54) is 6.20 Å². The van der Waals surface area contributed by atoms with Gasteiger partial charge in [-0.15, -0.1) is 0 Å². The van der Waals surface area contributed by atoms with E-state index in [2.05, 4.69) is 4.98 Å². The number of nitrogen functional groups attached to an aromatic ring is 1. The van der Waals surface area contributed by atoms with Gasteiger partial charge in [0, 0.05) is 0 Å². The Bertz CT molecular complexity index is 374. The minimum absolute atomic E-state index is 0.0384. The summed E-state index contributed by atoms with van der Waals surface area (Å²) in [5, 5.41) is 0. The van der Waals surface area contributed by atoms with E-state index in [9.17, 15) is 13.2 Å². The third-order valence-corrected chi connectivity index (χ3v) is 2.03. The third kappa shape index (κ3) is 2.31. The van der Waals surface area contributed by atoms with Gasteiger partial charge in [-0.1, -0.05) is 0 Å². The second kappa shape index (κ2) is 3.29. The molecule has 0 amide bonds. The van der Waals surface area contributed by atoms with Crippen LogP contribution in [0, 0.1) is 0 Å². The van der Waals surface area contributed by atoms with Gasteiger partial charge in [0.05, 0.1) is 12.3 Å². The first-order chi connectivity index (χ1) is 6.97. The molecule has 0 radical (unpaired) electrons. The molecule has 1 aromatic heterocycles. The van der Waals surface area contributed by atoms with Crippen LogP contribution in [-0.2, 0) is 6.18 Å². The molecule has 2 N–H and O–H groups in total. The molecule has 6 heteroatoms. The molecule has 1 fully saturated rings. The predicted octanol–water partition coefficient (Wildman–Crippen LogP) is 2.22. The van der Waals surface area contributed by atoms with Crippen LogP contribution in [0.1, 0.15) is 18.4 Å². The molecule has 1 heterocycles. The Kier molecular flexibility index (Phi) is 2.21. The average Bonchev–Trinajstić information content (AvgIpc) is 2.90. The molecule has 3 nitrogen and oxygen atoms in total. The van der Waals surface area contributed by atoms with Gasteiger partial charge in [-0.2, -0.15) is 13.2 Å². The van der Waals surface area contributed by atoms with E-state index in [0.29, 0.717) is 0 Å². The van der Waals surface area contributed by atoms with Crippen molar-refractivity contribution in [3.8, 4) is 5.75 Å². The fourth-order valence-corrected chi connectivity index (χ4v) is 1.13. The molecule has 82 valence electrons. The van der Waals surface area contributed by atoms with Gasteiger partial charge in [-0.05, 0) is 18.9 Å². The highest BCUT2D eigenvalue weighted by Gasteiger charge is 2.34. The smallest absolute Gasteiger partial charge is 0.420 e. The molecule has 0 aliphatic heterocycles. The highest BCUT2D eigenvalue weighted by Crippen LogP contribution is 2.35. The normalized spacial score (nSPS) is 16.5. The summed E-state index contributed by atoms with van der Waals surface area (Å²) in [7, 11) is 0. The highest BCUT2D eigenvalue weighted by molar-refractivity contribution is 5.44. The second-order valence-corrected chi connectivity index (χ2v) is 3.42. The number of aromatic nitrogens is 1. The molecule has 1 aromatic rings. The fourth-order valence-electron chi connectivity index (χ4n) is 1.13. The van der Waals surface area contributed by atoms with Crippen LogP contribution < -0.4 is 10.5 Å². The van der Waals surface area contributed by atoms with E-state index in [-0.39, 0.29) is 11.9 Å². The summed E-state index contributed by atoms with van der Waals surface area (Å²) in [5.41, 5.74) is 4.19. The zero-order valence-electron chi connectivity index (χ0n) is 7.71. The summed E-state index contributed by atoms with van der Waals surface area (Å²) < 4.78 is 42.4. The minimum atomic E-state index is -4.49. The number of hydrogen-bond donors (Lipinski definition) is 1. The summed E-state index contributed by atoms with van der Waals surface area (Å²) in [6.07, 6.45) is -1.48. The Morgan fingerprint density at radius 3 is 2.60 bits per heavy atom. The van der Waals surface area contributed by atoms with Crippen molar-refractivity contribution in [2.75, 3.05) is 5.73 Å². The van der Waals surface area contributed by atoms with Crippen molar-refractivity contribution in [2.45, 2.75) is 25.1 Å². The predicted molar refractivity (Wildman–Crippen MR) is 47.3 cm³/mol. The first-order valence-corrected chi connectivity index (χ1v) is 4.46. The molecule has 1 aliphatic carbocycles. The summed E-state index contributed by atoms with van der Waals surface area (Å²) in [5.74, 6) is -0.398. The lowest BCUT2D eigenvalue weighted by Gasteiger charge is -2.11. The number of nitrogens with zero attached hydrogens (tertiary/aromatic N) is 1. The second-order valence-electron chi connectivity index (χ2n) is 3.42. The lowest BCUT2D eigenvalue weighted by molar-refractivity contribution is -0.137. The van der Waals surface area contributed by atoms with Crippen LogP contribution in [0.4, 0.5) is 19.0 Å². The van der Waals surface area contributed by atoms with Gasteiger partial charge in [-0.25, -0.2) is 4.98 Å². The van der Waals surface area contributed by atoms with Gasteiger partial charge in [0.25, 0.3) is 0 Å². The molecule has 1 aliphatic rings. The van der Waals surface area contributed by atoms with Crippen LogP contribution in [0.5, 0.6) is 5.75 Å². The highest BCUT2D eigenvalue weighted by atomic mass is 19.4. The largest absolute Gasteiger partial charge is 0.489 e. The van der Waals surface area contributed by atoms with E-state index >= 15 is 0 Å². The number of nitrogens with two attached hydrogens (primary N) is 1. The van der Waals surface area contributed by atoms with Crippen LogP contribution in [-0.4, -0.2) is 11.1 Å². The van der Waals surface area contributed by atoms with E-state index < -0.39 is 17.6 Å². The molecular formula is C9H9F3N2O. The Balaban J connectivity index is 2.27. The van der Waals surface area contributed by atoms with Gasteiger partial charge >= 0.3 is 6.18 Å². The Labute approximate surface area is 84.1 Å². The average molecular weight is 218 g/mol. The van der Waals surface area contributed by atoms with E-state index in [4.69, 9.17) is 10.5 Å². The molecule has 2 rings (SSSR count). The molecule has 0 atom stereocenters. The van der Waals surface area contributed by atoms with Crippen LogP contribution in [0.15, 0.2) is 12.3 Å². The number of rotatable bonds is 2. The molecular weight excluding hydrogens is 209 g/mol. The van der Waals surface area contributed by atoms with Gasteiger partial charge in [0.2, 0.25) is 0 Å². The van der Waals surface area contributed by atoms with Crippen molar-refractivity contribution in [3.05, 3.63) is 17.8 Å². The Morgan fingerprint density at radius 1 is 1.40 bits per heavy atom. The molecule has 0 spiro atoms. The van der Waals surface area contributed by atoms with Gasteiger partial charge < -0.3 is 10.5 Å². The lowest BCUT2D eigenvalue weighted by atomic mass is 10.2. The number of ether oxygens (including phenoxy) is 1. The first kappa shape index (κ1) is 10.1. The van der Waals surface area contributed by atoms with Crippen molar-refractivity contribution in [1.82, 2.24) is 4.98 Å². The van der Waals surface area contributed by atoms with Crippen molar-refractivity contribution in [1.29, 1.82) is 0 Å². The van der Waals surface area contributed by atoms with E-state index in [1.807, 2.05) is 0 Å². The van der Waals surface area contributed by atoms with Gasteiger partial charge in [-0.3, -0.25) is 0 Å². The molecule has 15 heavy (non-hydrogen) atoms. The summed E-state index contributed by atoms with van der Waals surface area (Å²) in [6.45, 7) is 0. The van der Waals surface area contributed by atoms with Crippen molar-refractivity contribution < 1.29 is 17.9 Å². The third-order valence-electron chi connectivity index (χ3n) is 2.03. The van der Waals surface area contributed by atoms with Gasteiger partial charge in [0.1, 0.15) is 17.1 Å². The monoisotopic (exact) mass is 218 g/mol. The standard InChI is InChI=1S/C9H9F3N2O/c10-9(11,12)7-3-6(4-14-8(7)13)15-5-1-2-5/h3-5H,1-2H2,(H2,13,14). The lowest BCUT2D eigenvalue weighted by Crippen LogP contribution is -2.11. The number of alkyl halides is 3. The first-order valence-electron chi connectivity index (χ1n) is 4.46. The van der Waals surface area contributed by atoms with Crippen molar-refractivity contribution in [2.24, 2.45) is 0 Å². The molecule has 0 aromatic carbocycles. The quantitative estimate of drug-likeness (QED) is 0.827. The number of anilines is 1. The van der Waals surface area contributed by atoms with Crippen LogP contribution >= 0.6 is 0 Å². The van der Waals surface area contributed by atoms with Crippen LogP contribution in [0.2, 0.25) is 0 Å². The minimum Gasteiger partial charge on any atom is -0.489 e. The number of hydrogen-bond acceptors (Lipinski definition) is 3. The summed E-state index contributed by atoms with van der Waals surface area (Å²) >= 11 is 0. The topological polar surface area (TPSA) is 48.1 Å². The van der Waals surface area contributed by atoms with Crippen LogP contribution in [0.25, 0.3) is 0 Å². The molecule has 0 unspecified atom stereocenters. The van der Waals surface area contributed by atoms with E-state index in [1.54, 1.807) is 0 Å². The molecule has 0 saturated heterocycles. The van der Waals surface area contributed by atoms with E-state index in [0.717, 1.165) is 18.9 Å². The van der Waals surface area contributed by atoms with Crippen molar-refractivity contribution >= 4 is 5.82 Å². The number of halogens is 3. The maximum Gasteiger partial charge on any atom is 0.420 e. The van der Waals surface area contributed by atoms with Gasteiger partial charge in [0.15, 0.2) is 0 Å². The zero-order chi connectivity index (χ0) is 11.1.